The van der Waals surface area contributed by atoms with Crippen LogP contribution in [0.2, 0.25) is 0 Å². The van der Waals surface area contributed by atoms with Crippen molar-refractivity contribution in [2.24, 2.45) is 0 Å². The summed E-state index contributed by atoms with van der Waals surface area (Å²) >= 11 is 0. The summed E-state index contributed by atoms with van der Waals surface area (Å²) in [4.78, 5) is 22.7. The monoisotopic (exact) mass is 328 g/mol. The molecule has 23 heavy (non-hydrogen) atoms. The van der Waals surface area contributed by atoms with Gasteiger partial charge in [-0.15, -0.1) is 0 Å². The molecule has 1 saturated carbocycles. The van der Waals surface area contributed by atoms with Crippen molar-refractivity contribution < 1.29 is 18.7 Å². The molecule has 1 unspecified atom stereocenters. The molecule has 2 fully saturated rings. The quantitative estimate of drug-likeness (QED) is 0.873. The topological polar surface area (TPSA) is 72.5 Å². The number of aromatic amines is 1. The molecule has 0 bridgehead atoms. The first-order valence-electron chi connectivity index (χ1n) is 7.94. The molecule has 2 N–H and O–H groups in total. The summed E-state index contributed by atoms with van der Waals surface area (Å²) < 4.78 is 29.2. The van der Waals surface area contributed by atoms with Crippen LogP contribution in [0.3, 0.4) is 0 Å². The van der Waals surface area contributed by atoms with Gasteiger partial charge in [-0.3, -0.25) is 9.69 Å². The molecular formula is C15H22F2N4O2. The highest BCUT2D eigenvalue weighted by atomic mass is 19.3. The van der Waals surface area contributed by atoms with E-state index in [-0.39, 0.29) is 32.0 Å². The number of aliphatic hydroxyl groups is 1. The molecule has 0 spiro atoms. The van der Waals surface area contributed by atoms with Gasteiger partial charge in [-0.05, 0) is 19.9 Å². The molecule has 2 heterocycles. The zero-order chi connectivity index (χ0) is 16.7. The second-order valence-electron chi connectivity index (χ2n) is 6.54. The normalized spacial score (nSPS) is 25.7. The highest BCUT2D eigenvalue weighted by Gasteiger charge is 2.60. The van der Waals surface area contributed by atoms with Gasteiger partial charge in [0.15, 0.2) is 0 Å². The van der Waals surface area contributed by atoms with Crippen LogP contribution in [0.15, 0.2) is 12.4 Å². The number of rotatable bonds is 3. The van der Waals surface area contributed by atoms with Crippen LogP contribution >= 0.6 is 0 Å². The van der Waals surface area contributed by atoms with E-state index in [4.69, 9.17) is 0 Å². The fourth-order valence-corrected chi connectivity index (χ4v) is 3.48. The lowest BCUT2D eigenvalue weighted by atomic mass is 9.92. The van der Waals surface area contributed by atoms with Gasteiger partial charge in [0.1, 0.15) is 11.4 Å². The second-order valence-corrected chi connectivity index (χ2v) is 6.54. The average molecular weight is 328 g/mol. The predicted molar refractivity (Wildman–Crippen MR) is 78.9 cm³/mol. The van der Waals surface area contributed by atoms with Gasteiger partial charge in [0.2, 0.25) is 0 Å². The number of piperazine rings is 1. The first kappa shape index (κ1) is 16.3. The van der Waals surface area contributed by atoms with Crippen molar-refractivity contribution in [1.29, 1.82) is 0 Å². The number of H-pyrrole nitrogens is 1. The molecule has 128 valence electrons. The zero-order valence-corrected chi connectivity index (χ0v) is 13.1. The van der Waals surface area contributed by atoms with Crippen molar-refractivity contribution in [2.75, 3.05) is 26.7 Å². The van der Waals surface area contributed by atoms with Crippen LogP contribution in [-0.2, 0) is 4.79 Å². The Kier molecular flexibility index (Phi) is 4.14. The molecule has 1 aromatic rings. The number of likely N-dealkylation sites (N-methyl/N-ethyl adjacent to an activating group) is 1. The minimum Gasteiger partial charge on any atom is -0.383 e. The number of hydrogen-bond acceptors (Lipinski definition) is 4. The van der Waals surface area contributed by atoms with Crippen LogP contribution in [0.1, 0.15) is 37.5 Å². The summed E-state index contributed by atoms with van der Waals surface area (Å²) in [7, 11) is 1.87. The van der Waals surface area contributed by atoms with Gasteiger partial charge >= 0.3 is 5.92 Å². The average Bonchev–Trinajstić information content (AvgIpc) is 3.19. The molecule has 8 heteroatoms. The third-order valence-electron chi connectivity index (χ3n) is 5.05. The Morgan fingerprint density at radius 3 is 2.74 bits per heavy atom. The molecule has 0 radical (unpaired) electrons. The van der Waals surface area contributed by atoms with Crippen molar-refractivity contribution in [2.45, 2.75) is 43.2 Å². The van der Waals surface area contributed by atoms with Gasteiger partial charge in [0, 0.05) is 32.0 Å². The minimum absolute atomic E-state index is 0.0267. The highest BCUT2D eigenvalue weighted by molar-refractivity contribution is 5.85. The third kappa shape index (κ3) is 2.74. The number of nitrogens with one attached hydrogen (secondary N) is 1. The number of hydrogen-bond donors (Lipinski definition) is 2. The van der Waals surface area contributed by atoms with Crippen molar-refractivity contribution in [1.82, 2.24) is 19.8 Å². The van der Waals surface area contributed by atoms with E-state index in [0.29, 0.717) is 25.2 Å². The van der Waals surface area contributed by atoms with Crippen molar-refractivity contribution in [3.63, 3.8) is 0 Å². The molecule has 1 aliphatic carbocycles. The smallest absolute Gasteiger partial charge is 0.352 e. The van der Waals surface area contributed by atoms with Gasteiger partial charge in [0.25, 0.3) is 5.91 Å². The summed E-state index contributed by atoms with van der Waals surface area (Å²) in [5.74, 6) is -4.37. The van der Waals surface area contributed by atoms with E-state index in [2.05, 4.69) is 9.97 Å². The maximum Gasteiger partial charge on any atom is 0.352 e. The van der Waals surface area contributed by atoms with Crippen LogP contribution in [-0.4, -0.2) is 69.0 Å². The number of aromatic nitrogens is 2. The standard InChI is InChI=1S/C15H22F2N4O2/c1-20-8-9-21(10-11(20)12-18-6-7-19-12)13(22)15(16,17)14(23)4-2-3-5-14/h6-7,11,23H,2-5,8-10H2,1H3,(H,18,19). The zero-order valence-electron chi connectivity index (χ0n) is 13.1. The fraction of sp³-hybridized carbons (Fsp3) is 0.733. The fourth-order valence-electron chi connectivity index (χ4n) is 3.48. The van der Waals surface area contributed by atoms with Crippen LogP contribution in [0.5, 0.6) is 0 Å². The van der Waals surface area contributed by atoms with Gasteiger partial charge < -0.3 is 15.0 Å². The number of imidazole rings is 1. The molecule has 1 aliphatic heterocycles. The number of halogens is 2. The summed E-state index contributed by atoms with van der Waals surface area (Å²) in [5, 5.41) is 10.2. The van der Waals surface area contributed by atoms with E-state index in [1.165, 1.54) is 0 Å². The van der Waals surface area contributed by atoms with Crippen molar-refractivity contribution in [3.8, 4) is 0 Å². The Morgan fingerprint density at radius 1 is 1.43 bits per heavy atom. The maximum atomic E-state index is 14.6. The predicted octanol–water partition coefficient (Wildman–Crippen LogP) is 1.17. The summed E-state index contributed by atoms with van der Waals surface area (Å²) in [6, 6.07) is -0.253. The Hall–Kier alpha value is -1.54. The molecular weight excluding hydrogens is 306 g/mol. The van der Waals surface area contributed by atoms with E-state index in [1.807, 2.05) is 11.9 Å². The lowest BCUT2D eigenvalue weighted by Crippen LogP contribution is -2.60. The van der Waals surface area contributed by atoms with Gasteiger partial charge in [-0.25, -0.2) is 4.98 Å². The van der Waals surface area contributed by atoms with Crippen molar-refractivity contribution >= 4 is 5.91 Å². The van der Waals surface area contributed by atoms with Crippen molar-refractivity contribution in [3.05, 3.63) is 18.2 Å². The lowest BCUT2D eigenvalue weighted by Gasteiger charge is -2.41. The summed E-state index contributed by atoms with van der Waals surface area (Å²) in [6.07, 6.45) is 4.26. The first-order valence-corrected chi connectivity index (χ1v) is 7.94. The van der Waals surface area contributed by atoms with E-state index in [0.717, 1.165) is 4.90 Å². The van der Waals surface area contributed by atoms with E-state index in [9.17, 15) is 18.7 Å². The Labute approximate surface area is 133 Å². The summed E-state index contributed by atoms with van der Waals surface area (Å²) in [6.45, 7) is 0.832. The number of carbonyl (C=O) groups is 1. The molecule has 2 aliphatic rings. The molecule has 1 aromatic heterocycles. The molecule has 1 atom stereocenters. The Balaban J connectivity index is 1.77. The molecule has 6 nitrogen and oxygen atoms in total. The highest BCUT2D eigenvalue weighted by Crippen LogP contribution is 2.43. The second kappa shape index (κ2) is 5.83. The van der Waals surface area contributed by atoms with Crippen LogP contribution in [0.25, 0.3) is 0 Å². The largest absolute Gasteiger partial charge is 0.383 e. The first-order chi connectivity index (χ1) is 10.8. The minimum atomic E-state index is -3.74. The van der Waals surface area contributed by atoms with Crippen LogP contribution in [0, 0.1) is 0 Å². The molecule has 0 aromatic carbocycles. The Bertz CT molecular complexity index is 558. The molecule has 3 rings (SSSR count). The molecule has 1 amide bonds. The van der Waals surface area contributed by atoms with Gasteiger partial charge in [-0.1, -0.05) is 12.8 Å². The van der Waals surface area contributed by atoms with E-state index >= 15 is 0 Å². The van der Waals surface area contributed by atoms with Gasteiger partial charge in [-0.2, -0.15) is 8.78 Å². The van der Waals surface area contributed by atoms with Gasteiger partial charge in [0.05, 0.1) is 6.04 Å². The number of nitrogens with zero attached hydrogens (tertiary/aromatic N) is 3. The van der Waals surface area contributed by atoms with Crippen LogP contribution < -0.4 is 0 Å². The number of carbonyl (C=O) groups excluding carboxylic acids is 1. The summed E-state index contributed by atoms with van der Waals surface area (Å²) in [5.41, 5.74) is -2.20. The number of alkyl halides is 2. The lowest BCUT2D eigenvalue weighted by molar-refractivity contribution is -0.202. The maximum absolute atomic E-state index is 14.6. The van der Waals surface area contributed by atoms with E-state index < -0.39 is 17.4 Å². The SMILES string of the molecule is CN1CCN(C(=O)C(F)(F)C2(O)CCCC2)CC1c1ncc[nH]1. The van der Waals surface area contributed by atoms with E-state index in [1.54, 1.807) is 12.4 Å². The molecule has 1 saturated heterocycles. The Morgan fingerprint density at radius 2 is 2.13 bits per heavy atom. The number of amides is 1. The third-order valence-corrected chi connectivity index (χ3v) is 5.05. The van der Waals surface area contributed by atoms with Crippen LogP contribution in [0.4, 0.5) is 8.78 Å².